The lowest BCUT2D eigenvalue weighted by Crippen LogP contribution is -2.42. The summed E-state index contributed by atoms with van der Waals surface area (Å²) in [5.41, 5.74) is 5.70. The summed E-state index contributed by atoms with van der Waals surface area (Å²) in [6, 6.07) is 15.9. The van der Waals surface area contributed by atoms with E-state index in [1.54, 1.807) is 0 Å². The highest BCUT2D eigenvalue weighted by molar-refractivity contribution is 9.10. The first kappa shape index (κ1) is 16.9. The first-order valence-electron chi connectivity index (χ1n) is 9.50. The fourth-order valence-corrected chi connectivity index (χ4v) is 4.99. The van der Waals surface area contributed by atoms with Crippen LogP contribution in [-0.2, 0) is 6.42 Å². The van der Waals surface area contributed by atoms with Crippen molar-refractivity contribution in [2.45, 2.75) is 57.4 Å². The van der Waals surface area contributed by atoms with Crippen molar-refractivity contribution in [3.8, 4) is 0 Å². The second-order valence-corrected chi connectivity index (χ2v) is 8.49. The van der Waals surface area contributed by atoms with Crippen molar-refractivity contribution in [2.75, 3.05) is 4.90 Å². The van der Waals surface area contributed by atoms with E-state index in [9.17, 15) is 0 Å². The third kappa shape index (κ3) is 2.85. The zero-order valence-corrected chi connectivity index (χ0v) is 16.7. The lowest BCUT2D eigenvalue weighted by molar-refractivity contribution is 0.441. The molecule has 1 aliphatic carbocycles. The summed E-state index contributed by atoms with van der Waals surface area (Å²) >= 11 is 3.66. The van der Waals surface area contributed by atoms with Crippen LogP contribution in [0.25, 0.3) is 0 Å². The third-order valence-electron chi connectivity index (χ3n) is 5.86. The zero-order chi connectivity index (χ0) is 17.4. The Morgan fingerprint density at radius 3 is 2.88 bits per heavy atom. The SMILES string of the molecule is CCCCc1ccc2c(c1)N(c1cccc(Br)c1)C1(C)C=CCCC21. The van der Waals surface area contributed by atoms with Gasteiger partial charge in [-0.05, 0) is 68.0 Å². The van der Waals surface area contributed by atoms with Gasteiger partial charge in [0.2, 0.25) is 0 Å². The van der Waals surface area contributed by atoms with Gasteiger partial charge in [0.05, 0.1) is 5.54 Å². The number of rotatable bonds is 4. The molecule has 2 aromatic rings. The van der Waals surface area contributed by atoms with E-state index in [4.69, 9.17) is 0 Å². The van der Waals surface area contributed by atoms with E-state index >= 15 is 0 Å². The van der Waals surface area contributed by atoms with Gasteiger partial charge < -0.3 is 4.90 Å². The van der Waals surface area contributed by atoms with Crippen molar-refractivity contribution >= 4 is 27.3 Å². The summed E-state index contributed by atoms with van der Waals surface area (Å²) in [5, 5.41) is 0. The molecule has 0 N–H and O–H groups in total. The van der Waals surface area contributed by atoms with Crippen molar-refractivity contribution < 1.29 is 0 Å². The van der Waals surface area contributed by atoms with Gasteiger partial charge in [-0.15, -0.1) is 0 Å². The molecule has 2 heteroatoms. The van der Waals surface area contributed by atoms with E-state index in [2.05, 4.69) is 89.3 Å². The van der Waals surface area contributed by atoms with E-state index in [1.165, 1.54) is 54.6 Å². The highest BCUT2D eigenvalue weighted by Gasteiger charge is 2.47. The van der Waals surface area contributed by atoms with Gasteiger partial charge >= 0.3 is 0 Å². The number of unbranched alkanes of at least 4 members (excludes halogenated alkanes) is 1. The van der Waals surface area contributed by atoms with Crippen molar-refractivity contribution in [3.63, 3.8) is 0 Å². The molecule has 130 valence electrons. The normalized spacial score (nSPS) is 24.3. The van der Waals surface area contributed by atoms with Gasteiger partial charge in [-0.25, -0.2) is 0 Å². The molecule has 0 spiro atoms. The van der Waals surface area contributed by atoms with Gasteiger partial charge in [-0.2, -0.15) is 0 Å². The summed E-state index contributed by atoms with van der Waals surface area (Å²) in [6.45, 7) is 4.67. The van der Waals surface area contributed by atoms with Crippen LogP contribution in [0.1, 0.15) is 56.6 Å². The smallest absolute Gasteiger partial charge is 0.0674 e. The number of hydrogen-bond donors (Lipinski definition) is 0. The quantitative estimate of drug-likeness (QED) is 0.497. The molecule has 0 fully saturated rings. The zero-order valence-electron chi connectivity index (χ0n) is 15.1. The predicted molar refractivity (Wildman–Crippen MR) is 111 cm³/mol. The van der Waals surface area contributed by atoms with Crippen LogP contribution in [0.2, 0.25) is 0 Å². The maximum atomic E-state index is 3.66. The van der Waals surface area contributed by atoms with Gasteiger partial charge in [-0.3, -0.25) is 0 Å². The van der Waals surface area contributed by atoms with Crippen molar-refractivity contribution in [3.05, 3.63) is 70.2 Å². The van der Waals surface area contributed by atoms with Gasteiger partial charge in [-0.1, -0.05) is 59.6 Å². The highest BCUT2D eigenvalue weighted by atomic mass is 79.9. The first-order valence-corrected chi connectivity index (χ1v) is 10.3. The second-order valence-electron chi connectivity index (χ2n) is 7.57. The minimum absolute atomic E-state index is 0.0325. The molecule has 2 unspecified atom stereocenters. The number of allylic oxidation sites excluding steroid dienone is 1. The molecule has 1 heterocycles. The number of aryl methyl sites for hydroxylation is 1. The van der Waals surface area contributed by atoms with Crippen molar-refractivity contribution in [1.29, 1.82) is 0 Å². The molecule has 0 saturated carbocycles. The van der Waals surface area contributed by atoms with E-state index in [-0.39, 0.29) is 5.54 Å². The van der Waals surface area contributed by atoms with Crippen LogP contribution in [0.3, 0.4) is 0 Å². The Bertz CT molecular complexity index is 809. The van der Waals surface area contributed by atoms with Gasteiger partial charge in [0.25, 0.3) is 0 Å². The fourth-order valence-electron chi connectivity index (χ4n) is 4.60. The Kier molecular flexibility index (Phi) is 4.49. The first-order chi connectivity index (χ1) is 12.1. The topological polar surface area (TPSA) is 3.24 Å². The number of fused-ring (bicyclic) bond motifs is 3. The van der Waals surface area contributed by atoms with E-state index in [1.807, 2.05) is 0 Å². The molecule has 1 nitrogen and oxygen atoms in total. The number of benzene rings is 2. The highest BCUT2D eigenvalue weighted by Crippen LogP contribution is 2.55. The number of nitrogens with zero attached hydrogens (tertiary/aromatic N) is 1. The molecule has 2 aliphatic rings. The molecule has 1 aliphatic heterocycles. The standard InChI is InChI=1S/C23H26BrN/c1-3-4-8-17-12-13-20-21-11-5-6-14-23(21,2)25(22(20)15-17)19-10-7-9-18(24)16-19/h6-7,9-10,12-16,21H,3-5,8,11H2,1-2H3. The third-order valence-corrected chi connectivity index (χ3v) is 6.35. The van der Waals surface area contributed by atoms with Crippen LogP contribution in [-0.4, -0.2) is 5.54 Å². The summed E-state index contributed by atoms with van der Waals surface area (Å²) in [7, 11) is 0. The average Bonchev–Trinajstić information content (AvgIpc) is 2.87. The van der Waals surface area contributed by atoms with Crippen LogP contribution >= 0.6 is 15.9 Å². The molecule has 0 amide bonds. The Labute approximate surface area is 159 Å². The Morgan fingerprint density at radius 2 is 2.08 bits per heavy atom. The Hall–Kier alpha value is -1.54. The van der Waals surface area contributed by atoms with Crippen LogP contribution in [0, 0.1) is 0 Å². The minimum atomic E-state index is 0.0325. The molecule has 0 bridgehead atoms. The molecular weight excluding hydrogens is 370 g/mol. The largest absolute Gasteiger partial charge is 0.331 e. The van der Waals surface area contributed by atoms with E-state index in [0.717, 1.165) is 4.47 Å². The number of halogens is 1. The lowest BCUT2D eigenvalue weighted by Gasteiger charge is -2.41. The molecular formula is C23H26BrN. The maximum absolute atomic E-state index is 3.66. The molecule has 25 heavy (non-hydrogen) atoms. The summed E-state index contributed by atoms with van der Waals surface area (Å²) in [6.07, 6.45) is 10.9. The fraction of sp³-hybridized carbons (Fsp3) is 0.391. The van der Waals surface area contributed by atoms with Gasteiger partial charge in [0.1, 0.15) is 0 Å². The molecule has 2 atom stereocenters. The van der Waals surface area contributed by atoms with E-state index < -0.39 is 0 Å². The predicted octanol–water partition coefficient (Wildman–Crippen LogP) is 7.14. The minimum Gasteiger partial charge on any atom is -0.331 e. The number of anilines is 2. The van der Waals surface area contributed by atoms with Gasteiger partial charge in [0, 0.05) is 21.8 Å². The molecule has 0 saturated heterocycles. The van der Waals surface area contributed by atoms with E-state index in [0.29, 0.717) is 5.92 Å². The Morgan fingerprint density at radius 1 is 1.20 bits per heavy atom. The summed E-state index contributed by atoms with van der Waals surface area (Å²) in [4.78, 5) is 2.57. The van der Waals surface area contributed by atoms with Crippen molar-refractivity contribution in [1.82, 2.24) is 0 Å². The van der Waals surface area contributed by atoms with Crippen molar-refractivity contribution in [2.24, 2.45) is 0 Å². The Balaban J connectivity index is 1.86. The molecule has 4 rings (SSSR count). The van der Waals surface area contributed by atoms with Crippen LogP contribution in [0.5, 0.6) is 0 Å². The van der Waals surface area contributed by atoms with Crippen LogP contribution in [0.4, 0.5) is 11.4 Å². The van der Waals surface area contributed by atoms with Crippen LogP contribution < -0.4 is 4.90 Å². The summed E-state index contributed by atoms with van der Waals surface area (Å²) < 4.78 is 1.14. The lowest BCUT2D eigenvalue weighted by atomic mass is 9.77. The summed E-state index contributed by atoms with van der Waals surface area (Å²) in [5.74, 6) is 0.576. The maximum Gasteiger partial charge on any atom is 0.0674 e. The molecule has 2 aromatic carbocycles. The average molecular weight is 396 g/mol. The monoisotopic (exact) mass is 395 g/mol. The van der Waals surface area contributed by atoms with Gasteiger partial charge in [0.15, 0.2) is 0 Å². The second kappa shape index (κ2) is 6.64. The number of hydrogen-bond acceptors (Lipinski definition) is 1. The van der Waals surface area contributed by atoms with Crippen LogP contribution in [0.15, 0.2) is 59.1 Å². The molecule has 0 aromatic heterocycles. The molecule has 0 radical (unpaired) electrons.